The molecule has 0 bridgehead atoms. The summed E-state index contributed by atoms with van der Waals surface area (Å²) in [7, 11) is 0. The fraction of sp³-hybridized carbons (Fsp3) is 0.353. The molecule has 1 aromatic heterocycles. The van der Waals surface area contributed by atoms with Crippen LogP contribution < -0.4 is 5.32 Å². The molecule has 1 aromatic carbocycles. The number of aromatic nitrogens is 1. The number of benzene rings is 1. The van der Waals surface area contributed by atoms with Gasteiger partial charge in [-0.05, 0) is 43.7 Å². The minimum atomic E-state index is 0.369. The number of thioether (sulfide) groups is 1. The van der Waals surface area contributed by atoms with Crippen LogP contribution in [0.5, 0.6) is 0 Å². The Bertz CT molecular complexity index is 520. The van der Waals surface area contributed by atoms with Gasteiger partial charge in [-0.1, -0.05) is 37.3 Å². The Morgan fingerprint density at radius 1 is 1.15 bits per heavy atom. The van der Waals surface area contributed by atoms with Crippen LogP contribution >= 0.6 is 11.8 Å². The molecule has 0 saturated heterocycles. The maximum atomic E-state index is 4.59. The van der Waals surface area contributed by atoms with Crippen molar-refractivity contribution in [2.45, 2.75) is 31.8 Å². The summed E-state index contributed by atoms with van der Waals surface area (Å²) in [4.78, 5) is 4.59. The van der Waals surface area contributed by atoms with Gasteiger partial charge in [0, 0.05) is 17.5 Å². The molecule has 1 heterocycles. The summed E-state index contributed by atoms with van der Waals surface area (Å²) in [6.45, 7) is 7.30. The second-order valence-electron chi connectivity index (χ2n) is 4.96. The van der Waals surface area contributed by atoms with Gasteiger partial charge in [-0.3, -0.25) is 0 Å². The summed E-state index contributed by atoms with van der Waals surface area (Å²) in [6, 6.07) is 15.3. The lowest BCUT2D eigenvalue weighted by atomic mass is 10.1. The minimum Gasteiger partial charge on any atom is -0.309 e. The molecule has 0 aliphatic carbocycles. The maximum absolute atomic E-state index is 4.59. The lowest BCUT2D eigenvalue weighted by Gasteiger charge is -2.18. The first-order chi connectivity index (χ1) is 9.69. The topological polar surface area (TPSA) is 24.9 Å². The predicted octanol–water partition coefficient (Wildman–Crippen LogP) is 4.14. The molecule has 0 saturated carbocycles. The molecule has 2 aromatic rings. The van der Waals surface area contributed by atoms with Crippen LogP contribution in [0.3, 0.4) is 0 Å². The standard InChI is InChI=1S/C17H22N2S/c1-4-18-16(15-8-6-5-7-9-15)12-20-17-11-13(2)10-14(3)19-17/h5-11,16,18H,4,12H2,1-3H3. The van der Waals surface area contributed by atoms with Crippen molar-refractivity contribution in [2.24, 2.45) is 0 Å². The van der Waals surface area contributed by atoms with E-state index < -0.39 is 0 Å². The first-order valence-electron chi connectivity index (χ1n) is 7.05. The van der Waals surface area contributed by atoms with Crippen LogP contribution in [0.15, 0.2) is 47.5 Å². The Morgan fingerprint density at radius 2 is 1.90 bits per heavy atom. The van der Waals surface area contributed by atoms with Gasteiger partial charge in [0.15, 0.2) is 0 Å². The van der Waals surface area contributed by atoms with Crippen LogP contribution in [0.4, 0.5) is 0 Å². The SMILES string of the molecule is CCNC(CSc1cc(C)cc(C)n1)c1ccccc1. The zero-order valence-corrected chi connectivity index (χ0v) is 13.2. The van der Waals surface area contributed by atoms with Gasteiger partial charge in [-0.25, -0.2) is 4.98 Å². The third kappa shape index (κ3) is 4.36. The molecule has 1 unspecified atom stereocenters. The Hall–Kier alpha value is -1.32. The molecule has 0 radical (unpaired) electrons. The Labute approximate surface area is 126 Å². The summed E-state index contributed by atoms with van der Waals surface area (Å²) in [6.07, 6.45) is 0. The van der Waals surface area contributed by atoms with Crippen molar-refractivity contribution in [3.05, 3.63) is 59.3 Å². The summed E-state index contributed by atoms with van der Waals surface area (Å²) >= 11 is 1.82. The fourth-order valence-corrected chi connectivity index (χ4v) is 3.38. The van der Waals surface area contributed by atoms with E-state index in [0.29, 0.717) is 6.04 Å². The van der Waals surface area contributed by atoms with Crippen molar-refractivity contribution in [3.63, 3.8) is 0 Å². The van der Waals surface area contributed by atoms with Gasteiger partial charge in [0.2, 0.25) is 0 Å². The van der Waals surface area contributed by atoms with E-state index in [1.165, 1.54) is 11.1 Å². The largest absolute Gasteiger partial charge is 0.309 e. The Balaban J connectivity index is 2.05. The molecule has 20 heavy (non-hydrogen) atoms. The van der Waals surface area contributed by atoms with Crippen LogP contribution in [0.1, 0.15) is 29.8 Å². The van der Waals surface area contributed by atoms with Gasteiger partial charge < -0.3 is 5.32 Å². The summed E-state index contributed by atoms with van der Waals surface area (Å²) in [5, 5.41) is 4.66. The Morgan fingerprint density at radius 3 is 2.55 bits per heavy atom. The number of rotatable bonds is 6. The number of nitrogens with one attached hydrogen (secondary N) is 1. The summed E-state index contributed by atoms with van der Waals surface area (Å²) < 4.78 is 0. The van der Waals surface area contributed by atoms with Crippen LogP contribution in [-0.4, -0.2) is 17.3 Å². The van der Waals surface area contributed by atoms with E-state index in [9.17, 15) is 0 Å². The summed E-state index contributed by atoms with van der Waals surface area (Å²) in [5.41, 5.74) is 3.71. The van der Waals surface area contributed by atoms with Gasteiger partial charge in [0.25, 0.3) is 0 Å². The van der Waals surface area contributed by atoms with E-state index in [0.717, 1.165) is 23.0 Å². The molecule has 0 aliphatic rings. The van der Waals surface area contributed by atoms with Gasteiger partial charge in [-0.15, -0.1) is 11.8 Å². The monoisotopic (exact) mass is 286 g/mol. The van der Waals surface area contributed by atoms with E-state index in [2.05, 4.69) is 73.5 Å². The molecular formula is C17H22N2S. The lowest BCUT2D eigenvalue weighted by molar-refractivity contribution is 0.606. The van der Waals surface area contributed by atoms with Gasteiger partial charge in [-0.2, -0.15) is 0 Å². The fourth-order valence-electron chi connectivity index (χ4n) is 2.25. The number of pyridine rings is 1. The Kier molecular flexibility index (Phi) is 5.62. The highest BCUT2D eigenvalue weighted by Gasteiger charge is 2.11. The average molecular weight is 286 g/mol. The van der Waals surface area contributed by atoms with Crippen LogP contribution in [-0.2, 0) is 0 Å². The van der Waals surface area contributed by atoms with Crippen molar-refractivity contribution < 1.29 is 0 Å². The van der Waals surface area contributed by atoms with E-state index in [1.807, 2.05) is 11.8 Å². The number of aryl methyl sites for hydroxylation is 2. The molecule has 0 amide bonds. The number of hydrogen-bond donors (Lipinski definition) is 1. The van der Waals surface area contributed by atoms with Crippen molar-refractivity contribution in [1.82, 2.24) is 10.3 Å². The highest BCUT2D eigenvalue weighted by atomic mass is 32.2. The molecule has 3 heteroatoms. The van der Waals surface area contributed by atoms with E-state index in [4.69, 9.17) is 0 Å². The van der Waals surface area contributed by atoms with E-state index >= 15 is 0 Å². The molecule has 1 atom stereocenters. The van der Waals surface area contributed by atoms with Crippen LogP contribution in [0.25, 0.3) is 0 Å². The molecular weight excluding hydrogens is 264 g/mol. The third-order valence-electron chi connectivity index (χ3n) is 3.12. The average Bonchev–Trinajstić information content (AvgIpc) is 2.43. The first kappa shape index (κ1) is 15.1. The number of nitrogens with zero attached hydrogens (tertiary/aromatic N) is 1. The smallest absolute Gasteiger partial charge is 0.0966 e. The highest BCUT2D eigenvalue weighted by Crippen LogP contribution is 2.24. The predicted molar refractivity (Wildman–Crippen MR) is 87.3 cm³/mol. The molecule has 1 N–H and O–H groups in total. The van der Waals surface area contributed by atoms with Crippen LogP contribution in [0, 0.1) is 13.8 Å². The van der Waals surface area contributed by atoms with Gasteiger partial charge in [0.1, 0.15) is 0 Å². The second-order valence-corrected chi connectivity index (χ2v) is 6.00. The molecule has 0 spiro atoms. The van der Waals surface area contributed by atoms with Gasteiger partial charge in [0.05, 0.1) is 5.03 Å². The molecule has 2 rings (SSSR count). The molecule has 2 nitrogen and oxygen atoms in total. The van der Waals surface area contributed by atoms with E-state index in [1.54, 1.807) is 0 Å². The first-order valence-corrected chi connectivity index (χ1v) is 8.04. The van der Waals surface area contributed by atoms with Crippen molar-refractivity contribution in [1.29, 1.82) is 0 Å². The summed E-state index contributed by atoms with van der Waals surface area (Å²) in [5.74, 6) is 0.994. The van der Waals surface area contributed by atoms with Crippen molar-refractivity contribution in [2.75, 3.05) is 12.3 Å². The third-order valence-corrected chi connectivity index (χ3v) is 4.13. The van der Waals surface area contributed by atoms with Crippen LogP contribution in [0.2, 0.25) is 0 Å². The number of hydrogen-bond acceptors (Lipinski definition) is 3. The maximum Gasteiger partial charge on any atom is 0.0966 e. The molecule has 0 fully saturated rings. The van der Waals surface area contributed by atoms with Gasteiger partial charge >= 0.3 is 0 Å². The minimum absolute atomic E-state index is 0.369. The quantitative estimate of drug-likeness (QED) is 0.808. The zero-order chi connectivity index (χ0) is 14.4. The second kappa shape index (κ2) is 7.46. The lowest BCUT2D eigenvalue weighted by Crippen LogP contribution is -2.22. The van der Waals surface area contributed by atoms with Crippen molar-refractivity contribution in [3.8, 4) is 0 Å². The van der Waals surface area contributed by atoms with E-state index in [-0.39, 0.29) is 0 Å². The zero-order valence-electron chi connectivity index (χ0n) is 12.4. The molecule has 0 aliphatic heterocycles. The highest BCUT2D eigenvalue weighted by molar-refractivity contribution is 7.99. The van der Waals surface area contributed by atoms with Crippen molar-refractivity contribution >= 4 is 11.8 Å². The normalized spacial score (nSPS) is 12.3. The molecule has 106 valence electrons.